The first-order valence-electron chi connectivity index (χ1n) is 6.84. The Balaban J connectivity index is 1.95. The highest BCUT2D eigenvalue weighted by atomic mass is 16.5. The molecule has 2 rings (SSSR count). The molecule has 0 bridgehead atoms. The van der Waals surface area contributed by atoms with E-state index in [0.717, 1.165) is 25.3 Å². The zero-order valence-electron chi connectivity index (χ0n) is 11.7. The summed E-state index contributed by atoms with van der Waals surface area (Å²) in [5.74, 6) is 0.897. The van der Waals surface area contributed by atoms with Crippen molar-refractivity contribution in [1.82, 2.24) is 20.5 Å². The molecule has 4 unspecified atom stereocenters. The van der Waals surface area contributed by atoms with Crippen LogP contribution in [-0.4, -0.2) is 33.9 Å². The maximum absolute atomic E-state index is 5.81. The number of hydrogen-bond donors (Lipinski definition) is 2. The van der Waals surface area contributed by atoms with Gasteiger partial charge in [-0.25, -0.2) is 4.98 Å². The summed E-state index contributed by atoms with van der Waals surface area (Å²) in [6, 6.07) is 0.685. The summed E-state index contributed by atoms with van der Waals surface area (Å²) in [4.78, 5) is 4.20. The predicted octanol–water partition coefficient (Wildman–Crippen LogP) is 2.05. The maximum Gasteiger partial charge on any atom is 0.141 e. The molecular formula is C13H24N4O. The highest BCUT2D eigenvalue weighted by Gasteiger charge is 2.51. The largest absolute Gasteiger partial charge is 0.378 e. The molecule has 0 saturated heterocycles. The van der Waals surface area contributed by atoms with E-state index in [9.17, 15) is 0 Å². The minimum absolute atomic E-state index is 0.200. The van der Waals surface area contributed by atoms with Crippen molar-refractivity contribution in [3.63, 3.8) is 0 Å². The molecule has 0 amide bonds. The van der Waals surface area contributed by atoms with E-state index >= 15 is 0 Å². The molecule has 4 atom stereocenters. The zero-order chi connectivity index (χ0) is 13.2. The molecule has 1 aromatic heterocycles. The molecule has 1 heterocycles. The standard InChI is InChI=1S/C13H24N4O/c1-5-13(4)10(7-11(13)18-6-2)16-9(3)12-14-8-15-17-12/h8-11,16H,5-7H2,1-4H3,(H,14,15,17). The zero-order valence-corrected chi connectivity index (χ0v) is 11.7. The molecule has 0 aliphatic heterocycles. The molecule has 1 aliphatic carbocycles. The van der Waals surface area contributed by atoms with Crippen LogP contribution in [0.15, 0.2) is 6.33 Å². The third kappa shape index (κ3) is 2.29. The predicted molar refractivity (Wildman–Crippen MR) is 70.2 cm³/mol. The van der Waals surface area contributed by atoms with Gasteiger partial charge in [0.2, 0.25) is 0 Å². The van der Waals surface area contributed by atoms with Gasteiger partial charge in [-0.1, -0.05) is 13.8 Å². The summed E-state index contributed by atoms with van der Waals surface area (Å²) in [7, 11) is 0. The third-order valence-corrected chi connectivity index (χ3v) is 4.41. The smallest absolute Gasteiger partial charge is 0.141 e. The van der Waals surface area contributed by atoms with Crippen molar-refractivity contribution >= 4 is 0 Å². The van der Waals surface area contributed by atoms with E-state index in [2.05, 4.69) is 48.2 Å². The summed E-state index contributed by atoms with van der Waals surface area (Å²) in [5, 5.41) is 10.4. The van der Waals surface area contributed by atoms with Crippen LogP contribution in [0.1, 0.15) is 52.4 Å². The SMILES string of the molecule is CCOC1CC(NC(C)c2ncn[nH]2)C1(C)CC. The Morgan fingerprint density at radius 2 is 2.39 bits per heavy atom. The van der Waals surface area contributed by atoms with Crippen molar-refractivity contribution in [3.05, 3.63) is 12.2 Å². The lowest BCUT2D eigenvalue weighted by atomic mass is 9.61. The number of rotatable bonds is 6. The average molecular weight is 252 g/mol. The highest BCUT2D eigenvalue weighted by Crippen LogP contribution is 2.46. The first-order valence-corrected chi connectivity index (χ1v) is 6.84. The first kappa shape index (κ1) is 13.5. The molecule has 1 fully saturated rings. The Labute approximate surface area is 109 Å². The molecule has 2 N–H and O–H groups in total. The van der Waals surface area contributed by atoms with Gasteiger partial charge in [0.1, 0.15) is 12.2 Å². The maximum atomic E-state index is 5.81. The van der Waals surface area contributed by atoms with E-state index in [0.29, 0.717) is 12.1 Å². The lowest BCUT2D eigenvalue weighted by Gasteiger charge is -2.54. The van der Waals surface area contributed by atoms with Gasteiger partial charge < -0.3 is 10.1 Å². The van der Waals surface area contributed by atoms with Gasteiger partial charge in [0.25, 0.3) is 0 Å². The number of nitrogens with zero attached hydrogens (tertiary/aromatic N) is 2. The van der Waals surface area contributed by atoms with Crippen molar-refractivity contribution in [2.24, 2.45) is 5.41 Å². The molecule has 5 heteroatoms. The van der Waals surface area contributed by atoms with Crippen molar-refractivity contribution < 1.29 is 4.74 Å². The van der Waals surface area contributed by atoms with Gasteiger partial charge in [0, 0.05) is 18.1 Å². The molecule has 18 heavy (non-hydrogen) atoms. The van der Waals surface area contributed by atoms with Crippen molar-refractivity contribution in [2.75, 3.05) is 6.61 Å². The fourth-order valence-corrected chi connectivity index (χ4v) is 2.81. The number of nitrogens with one attached hydrogen (secondary N) is 2. The molecule has 102 valence electrons. The Kier molecular flexibility index (Phi) is 4.02. The van der Waals surface area contributed by atoms with Gasteiger partial charge >= 0.3 is 0 Å². The second-order valence-corrected chi connectivity index (χ2v) is 5.35. The number of aromatic nitrogens is 3. The number of hydrogen-bond acceptors (Lipinski definition) is 4. The molecule has 0 aromatic carbocycles. The van der Waals surface area contributed by atoms with E-state index in [1.54, 1.807) is 6.33 Å². The number of aromatic amines is 1. The summed E-state index contributed by atoms with van der Waals surface area (Å²) in [6.45, 7) is 9.52. The second kappa shape index (κ2) is 5.36. The monoisotopic (exact) mass is 252 g/mol. The van der Waals surface area contributed by atoms with Crippen molar-refractivity contribution in [3.8, 4) is 0 Å². The van der Waals surface area contributed by atoms with Crippen LogP contribution in [-0.2, 0) is 4.74 Å². The van der Waals surface area contributed by atoms with Crippen molar-refractivity contribution in [2.45, 2.75) is 58.7 Å². The summed E-state index contributed by atoms with van der Waals surface area (Å²) in [5.41, 5.74) is 0.226. The Morgan fingerprint density at radius 1 is 1.61 bits per heavy atom. The molecule has 1 saturated carbocycles. The minimum atomic E-state index is 0.200. The summed E-state index contributed by atoms with van der Waals surface area (Å²) in [6.07, 6.45) is 4.14. The highest BCUT2D eigenvalue weighted by molar-refractivity contribution is 5.06. The average Bonchev–Trinajstić information content (AvgIpc) is 2.90. The minimum Gasteiger partial charge on any atom is -0.378 e. The van der Waals surface area contributed by atoms with E-state index in [1.165, 1.54) is 0 Å². The second-order valence-electron chi connectivity index (χ2n) is 5.35. The summed E-state index contributed by atoms with van der Waals surface area (Å²) < 4.78 is 5.81. The van der Waals surface area contributed by atoms with E-state index in [1.807, 2.05) is 0 Å². The van der Waals surface area contributed by atoms with Crippen LogP contribution in [0.25, 0.3) is 0 Å². The van der Waals surface area contributed by atoms with Crippen LogP contribution in [0.2, 0.25) is 0 Å². The Bertz CT molecular complexity index is 367. The van der Waals surface area contributed by atoms with Gasteiger partial charge in [-0.2, -0.15) is 5.10 Å². The molecule has 0 radical (unpaired) electrons. The lowest BCUT2D eigenvalue weighted by molar-refractivity contribution is -0.128. The van der Waals surface area contributed by atoms with Crippen LogP contribution in [0, 0.1) is 5.41 Å². The fraction of sp³-hybridized carbons (Fsp3) is 0.846. The van der Waals surface area contributed by atoms with Gasteiger partial charge in [-0.3, -0.25) is 5.10 Å². The molecule has 5 nitrogen and oxygen atoms in total. The number of ether oxygens (including phenoxy) is 1. The van der Waals surface area contributed by atoms with Crippen molar-refractivity contribution in [1.29, 1.82) is 0 Å². The first-order chi connectivity index (χ1) is 8.61. The van der Waals surface area contributed by atoms with Crippen LogP contribution in [0.5, 0.6) is 0 Å². The Hall–Kier alpha value is -0.940. The quantitative estimate of drug-likeness (QED) is 0.813. The molecular weight excluding hydrogens is 228 g/mol. The van der Waals surface area contributed by atoms with Gasteiger partial charge in [-0.05, 0) is 26.7 Å². The van der Waals surface area contributed by atoms with Gasteiger partial charge in [0.05, 0.1) is 12.1 Å². The molecule has 1 aliphatic rings. The van der Waals surface area contributed by atoms with E-state index < -0.39 is 0 Å². The fourth-order valence-electron chi connectivity index (χ4n) is 2.81. The number of H-pyrrole nitrogens is 1. The summed E-state index contributed by atoms with van der Waals surface area (Å²) >= 11 is 0. The van der Waals surface area contributed by atoms with Crippen LogP contribution in [0.3, 0.4) is 0 Å². The Morgan fingerprint density at radius 3 is 2.94 bits per heavy atom. The normalized spacial score (nSPS) is 33.1. The van der Waals surface area contributed by atoms with E-state index in [-0.39, 0.29) is 11.5 Å². The topological polar surface area (TPSA) is 62.8 Å². The van der Waals surface area contributed by atoms with Crippen LogP contribution in [0.4, 0.5) is 0 Å². The van der Waals surface area contributed by atoms with Crippen LogP contribution < -0.4 is 5.32 Å². The third-order valence-electron chi connectivity index (χ3n) is 4.41. The van der Waals surface area contributed by atoms with Gasteiger partial charge in [-0.15, -0.1) is 0 Å². The van der Waals surface area contributed by atoms with E-state index in [4.69, 9.17) is 4.74 Å². The van der Waals surface area contributed by atoms with Crippen LogP contribution >= 0.6 is 0 Å². The van der Waals surface area contributed by atoms with Gasteiger partial charge in [0.15, 0.2) is 0 Å². The molecule has 1 aromatic rings. The lowest BCUT2D eigenvalue weighted by Crippen LogP contribution is -2.62. The molecule has 0 spiro atoms.